The van der Waals surface area contributed by atoms with E-state index < -0.39 is 0 Å². The molecule has 0 aliphatic heterocycles. The van der Waals surface area contributed by atoms with E-state index in [1.807, 2.05) is 11.6 Å². The first kappa shape index (κ1) is 17.9. The molecule has 0 atom stereocenters. The third-order valence-electron chi connectivity index (χ3n) is 6.31. The lowest BCUT2D eigenvalue weighted by Gasteiger charge is -2.49. The minimum Gasteiger partial charge on any atom is -0.310 e. The molecule has 1 fully saturated rings. The SMILES string of the molecule is CCCCCC12CCC(c3nnc(-c4ccccc4[N+](=O)[O-])n3C)=C(C1)C2. The maximum Gasteiger partial charge on any atom is 0.280 e. The number of nitro benzene ring substituents is 1. The van der Waals surface area contributed by atoms with Crippen molar-refractivity contribution in [1.29, 1.82) is 0 Å². The molecule has 5 rings (SSSR count). The zero-order valence-electron chi connectivity index (χ0n) is 16.1. The van der Waals surface area contributed by atoms with Crippen molar-refractivity contribution < 1.29 is 4.92 Å². The first-order valence-electron chi connectivity index (χ1n) is 9.89. The Kier molecular flexibility index (Phi) is 4.58. The summed E-state index contributed by atoms with van der Waals surface area (Å²) in [6, 6.07) is 6.74. The second kappa shape index (κ2) is 6.91. The summed E-state index contributed by atoms with van der Waals surface area (Å²) in [5, 5.41) is 20.1. The van der Waals surface area contributed by atoms with Crippen molar-refractivity contribution in [3.05, 3.63) is 45.8 Å². The quantitative estimate of drug-likeness (QED) is 0.379. The molecular weight excluding hydrogens is 340 g/mol. The van der Waals surface area contributed by atoms with E-state index in [9.17, 15) is 10.1 Å². The maximum absolute atomic E-state index is 11.4. The van der Waals surface area contributed by atoms with E-state index in [2.05, 4.69) is 17.1 Å². The fraction of sp³-hybridized carbons (Fsp3) is 0.524. The Morgan fingerprint density at radius 3 is 2.59 bits per heavy atom. The molecule has 2 bridgehead atoms. The largest absolute Gasteiger partial charge is 0.310 e. The lowest BCUT2D eigenvalue weighted by Crippen LogP contribution is -2.36. The molecular formula is C21H26N4O2. The first-order chi connectivity index (χ1) is 13.0. The average molecular weight is 366 g/mol. The van der Waals surface area contributed by atoms with Gasteiger partial charge in [-0.3, -0.25) is 10.1 Å². The van der Waals surface area contributed by atoms with Gasteiger partial charge in [-0.25, -0.2) is 0 Å². The fourth-order valence-corrected chi connectivity index (χ4v) is 4.78. The van der Waals surface area contributed by atoms with Crippen LogP contribution in [0.25, 0.3) is 17.0 Å². The predicted molar refractivity (Wildman–Crippen MR) is 105 cm³/mol. The molecule has 6 heteroatoms. The number of para-hydroxylation sites is 1. The smallest absolute Gasteiger partial charge is 0.280 e. The summed E-state index contributed by atoms with van der Waals surface area (Å²) >= 11 is 0. The molecule has 0 N–H and O–H groups in total. The molecule has 1 saturated carbocycles. The van der Waals surface area contributed by atoms with Gasteiger partial charge in [-0.1, -0.05) is 43.9 Å². The molecule has 27 heavy (non-hydrogen) atoms. The molecule has 2 aromatic rings. The number of benzene rings is 1. The zero-order chi connectivity index (χ0) is 19.0. The van der Waals surface area contributed by atoms with Crippen molar-refractivity contribution in [3.8, 4) is 11.4 Å². The highest BCUT2D eigenvalue weighted by molar-refractivity contribution is 5.72. The van der Waals surface area contributed by atoms with Gasteiger partial charge in [0.05, 0.1) is 10.5 Å². The van der Waals surface area contributed by atoms with Gasteiger partial charge in [-0.05, 0) is 49.2 Å². The van der Waals surface area contributed by atoms with Crippen molar-refractivity contribution in [1.82, 2.24) is 14.8 Å². The number of nitro groups is 1. The molecule has 142 valence electrons. The van der Waals surface area contributed by atoms with Crippen molar-refractivity contribution >= 4 is 11.3 Å². The molecule has 0 unspecified atom stereocenters. The summed E-state index contributed by atoms with van der Waals surface area (Å²) in [6.07, 6.45) is 9.95. The van der Waals surface area contributed by atoms with E-state index in [1.165, 1.54) is 62.2 Å². The van der Waals surface area contributed by atoms with E-state index in [1.54, 1.807) is 18.2 Å². The molecule has 3 aliphatic carbocycles. The van der Waals surface area contributed by atoms with Gasteiger partial charge in [0.15, 0.2) is 11.6 Å². The highest BCUT2D eigenvalue weighted by Gasteiger charge is 2.45. The van der Waals surface area contributed by atoms with Crippen LogP contribution in [0.5, 0.6) is 0 Å². The monoisotopic (exact) mass is 366 g/mol. The number of hydrogen-bond acceptors (Lipinski definition) is 4. The average Bonchev–Trinajstić information content (AvgIpc) is 3.02. The van der Waals surface area contributed by atoms with Gasteiger partial charge in [0.1, 0.15) is 0 Å². The summed E-state index contributed by atoms with van der Waals surface area (Å²) in [5.74, 6) is 1.43. The van der Waals surface area contributed by atoms with Gasteiger partial charge in [0, 0.05) is 13.1 Å². The topological polar surface area (TPSA) is 73.8 Å². The lowest BCUT2D eigenvalue weighted by molar-refractivity contribution is -0.384. The van der Waals surface area contributed by atoms with Crippen LogP contribution < -0.4 is 0 Å². The molecule has 6 nitrogen and oxygen atoms in total. The Hall–Kier alpha value is -2.50. The fourth-order valence-electron chi connectivity index (χ4n) is 4.78. The number of nitrogens with zero attached hydrogens (tertiary/aromatic N) is 4. The summed E-state index contributed by atoms with van der Waals surface area (Å²) in [7, 11) is 1.91. The molecule has 0 radical (unpaired) electrons. The lowest BCUT2D eigenvalue weighted by atomic mass is 9.55. The summed E-state index contributed by atoms with van der Waals surface area (Å²) in [6.45, 7) is 2.26. The standard InChI is InChI=1S/C21H26N4O2/c1-3-4-7-11-21-12-10-16(15(13-21)14-21)19-22-23-20(24(19)2)17-8-5-6-9-18(17)25(26)27/h5-6,8-9H,3-4,7,10-14H2,1-2H3. The van der Waals surface area contributed by atoms with E-state index in [0.717, 1.165) is 12.2 Å². The maximum atomic E-state index is 11.4. The van der Waals surface area contributed by atoms with E-state index in [0.29, 0.717) is 16.8 Å². The van der Waals surface area contributed by atoms with Crippen LogP contribution in [0.4, 0.5) is 5.69 Å². The summed E-state index contributed by atoms with van der Waals surface area (Å²) in [4.78, 5) is 11.0. The first-order valence-corrected chi connectivity index (χ1v) is 9.89. The van der Waals surface area contributed by atoms with Crippen molar-refractivity contribution in [2.24, 2.45) is 12.5 Å². The van der Waals surface area contributed by atoms with E-state index in [-0.39, 0.29) is 10.6 Å². The predicted octanol–water partition coefficient (Wildman–Crippen LogP) is 5.30. The number of fused-ring (bicyclic) bond motifs is 2. The van der Waals surface area contributed by atoms with Crippen molar-refractivity contribution in [3.63, 3.8) is 0 Å². The zero-order valence-corrected chi connectivity index (χ0v) is 16.1. The van der Waals surface area contributed by atoms with E-state index >= 15 is 0 Å². The normalized spacial score (nSPS) is 17.7. The second-order valence-electron chi connectivity index (χ2n) is 8.07. The molecule has 0 saturated heterocycles. The Labute approximate surface area is 159 Å². The molecule has 1 heterocycles. The highest BCUT2D eigenvalue weighted by atomic mass is 16.6. The van der Waals surface area contributed by atoms with Crippen LogP contribution in [-0.2, 0) is 7.05 Å². The van der Waals surface area contributed by atoms with Crippen LogP contribution in [0.3, 0.4) is 0 Å². The van der Waals surface area contributed by atoms with Gasteiger partial charge in [-0.15, -0.1) is 10.2 Å². The van der Waals surface area contributed by atoms with Crippen LogP contribution in [0.15, 0.2) is 29.8 Å². The van der Waals surface area contributed by atoms with Crippen LogP contribution in [0.2, 0.25) is 0 Å². The van der Waals surface area contributed by atoms with E-state index in [4.69, 9.17) is 0 Å². The number of allylic oxidation sites excluding steroid dienone is 2. The third-order valence-corrected chi connectivity index (χ3v) is 6.31. The van der Waals surface area contributed by atoms with Crippen LogP contribution in [0, 0.1) is 15.5 Å². The van der Waals surface area contributed by atoms with Crippen LogP contribution in [-0.4, -0.2) is 19.7 Å². The summed E-state index contributed by atoms with van der Waals surface area (Å²) < 4.78 is 1.92. The minimum atomic E-state index is -0.358. The number of rotatable bonds is 7. The van der Waals surface area contributed by atoms with Gasteiger partial charge < -0.3 is 4.57 Å². The van der Waals surface area contributed by atoms with Crippen molar-refractivity contribution in [2.45, 2.75) is 58.3 Å². The molecule has 1 aromatic carbocycles. The van der Waals surface area contributed by atoms with Crippen molar-refractivity contribution in [2.75, 3.05) is 0 Å². The van der Waals surface area contributed by atoms with Gasteiger partial charge >= 0.3 is 0 Å². The van der Waals surface area contributed by atoms with Gasteiger partial charge in [0.25, 0.3) is 5.69 Å². The molecule has 1 aromatic heterocycles. The van der Waals surface area contributed by atoms with Crippen LogP contribution >= 0.6 is 0 Å². The third kappa shape index (κ3) is 3.07. The summed E-state index contributed by atoms with van der Waals surface area (Å²) in [5.41, 5.74) is 3.95. The molecule has 0 spiro atoms. The Bertz CT molecular complexity index is 905. The minimum absolute atomic E-state index is 0.0689. The Balaban J connectivity index is 1.60. The Morgan fingerprint density at radius 2 is 1.93 bits per heavy atom. The number of aromatic nitrogens is 3. The number of hydrogen-bond donors (Lipinski definition) is 0. The van der Waals surface area contributed by atoms with Crippen LogP contribution in [0.1, 0.15) is 64.1 Å². The molecule has 3 aliphatic rings. The van der Waals surface area contributed by atoms with Gasteiger partial charge in [-0.2, -0.15) is 0 Å². The Morgan fingerprint density at radius 1 is 1.19 bits per heavy atom. The highest BCUT2D eigenvalue weighted by Crippen LogP contribution is 2.59. The number of unbranched alkanes of at least 4 members (excludes halogenated alkanes) is 2. The second-order valence-corrected chi connectivity index (χ2v) is 8.07. The van der Waals surface area contributed by atoms with Gasteiger partial charge in [0.2, 0.25) is 0 Å². The molecule has 0 amide bonds.